The van der Waals surface area contributed by atoms with E-state index in [-0.39, 0.29) is 0 Å². The lowest BCUT2D eigenvalue weighted by Gasteiger charge is -2.16. The molecule has 2 nitrogen and oxygen atoms in total. The topological polar surface area (TPSA) is 24.1 Å². The van der Waals surface area contributed by atoms with Gasteiger partial charge in [0.05, 0.1) is 11.4 Å². The first-order chi connectivity index (χ1) is 7.65. The Bertz CT molecular complexity index is 358. The van der Waals surface area contributed by atoms with E-state index in [4.69, 9.17) is 0 Å². The first kappa shape index (κ1) is 11.3. The summed E-state index contributed by atoms with van der Waals surface area (Å²) in [5.41, 5.74) is 3.82. The number of benzene rings is 1. The van der Waals surface area contributed by atoms with E-state index < -0.39 is 0 Å². The van der Waals surface area contributed by atoms with Crippen molar-refractivity contribution < 1.29 is 0 Å². The van der Waals surface area contributed by atoms with E-state index in [1.165, 1.54) is 23.4 Å². The van der Waals surface area contributed by atoms with Crippen molar-refractivity contribution in [3.05, 3.63) is 23.8 Å². The molecule has 0 aliphatic carbocycles. The van der Waals surface area contributed by atoms with E-state index in [0.29, 0.717) is 0 Å². The highest BCUT2D eigenvalue weighted by Crippen LogP contribution is 2.27. The van der Waals surface area contributed by atoms with Gasteiger partial charge in [-0.15, -0.1) is 0 Å². The molecule has 0 bridgehead atoms. The molecule has 2 heteroatoms. The molecule has 88 valence electrons. The molecule has 0 radical (unpaired) electrons. The molecule has 0 saturated heterocycles. The van der Waals surface area contributed by atoms with E-state index >= 15 is 0 Å². The zero-order valence-corrected chi connectivity index (χ0v) is 10.5. The molecule has 1 aromatic rings. The summed E-state index contributed by atoms with van der Waals surface area (Å²) in [6.07, 6.45) is 1.28. The highest BCUT2D eigenvalue weighted by molar-refractivity contribution is 5.70. The van der Waals surface area contributed by atoms with E-state index in [9.17, 15) is 0 Å². The standard InChI is InChI=1S/C14H22N2/c1-10(2)6-12-8-15-13-5-4-11(3)7-14(13)16-9-12/h4-5,7,10,12,15-16H,6,8-9H2,1-3H3. The van der Waals surface area contributed by atoms with Crippen molar-refractivity contribution >= 4 is 11.4 Å². The average molecular weight is 218 g/mol. The van der Waals surface area contributed by atoms with Gasteiger partial charge in [-0.25, -0.2) is 0 Å². The van der Waals surface area contributed by atoms with Gasteiger partial charge in [0, 0.05) is 13.1 Å². The molecule has 0 fully saturated rings. The van der Waals surface area contributed by atoms with Crippen LogP contribution in [0.5, 0.6) is 0 Å². The Kier molecular flexibility index (Phi) is 3.37. The summed E-state index contributed by atoms with van der Waals surface area (Å²) >= 11 is 0. The van der Waals surface area contributed by atoms with Crippen molar-refractivity contribution in [1.29, 1.82) is 0 Å². The Morgan fingerprint density at radius 2 is 1.88 bits per heavy atom. The van der Waals surface area contributed by atoms with Gasteiger partial charge < -0.3 is 10.6 Å². The van der Waals surface area contributed by atoms with Crippen LogP contribution in [0.1, 0.15) is 25.8 Å². The zero-order chi connectivity index (χ0) is 11.5. The molecule has 0 amide bonds. The molecular weight excluding hydrogens is 196 g/mol. The number of nitrogens with one attached hydrogen (secondary N) is 2. The second-order valence-electron chi connectivity index (χ2n) is 5.31. The van der Waals surface area contributed by atoms with E-state index in [1.807, 2.05) is 0 Å². The quantitative estimate of drug-likeness (QED) is 0.794. The summed E-state index contributed by atoms with van der Waals surface area (Å²) in [7, 11) is 0. The third-order valence-electron chi connectivity index (χ3n) is 3.14. The molecule has 1 heterocycles. The minimum Gasteiger partial charge on any atom is -0.383 e. The molecule has 1 atom stereocenters. The minimum absolute atomic E-state index is 0.729. The number of hydrogen-bond donors (Lipinski definition) is 2. The second kappa shape index (κ2) is 4.77. The Balaban J connectivity index is 2.07. The van der Waals surface area contributed by atoms with Gasteiger partial charge in [-0.1, -0.05) is 19.9 Å². The fourth-order valence-corrected chi connectivity index (χ4v) is 2.37. The molecule has 2 N–H and O–H groups in total. The highest BCUT2D eigenvalue weighted by atomic mass is 15.0. The maximum atomic E-state index is 3.56. The van der Waals surface area contributed by atoms with Gasteiger partial charge in [0.1, 0.15) is 0 Å². The van der Waals surface area contributed by atoms with Gasteiger partial charge in [0.2, 0.25) is 0 Å². The first-order valence-corrected chi connectivity index (χ1v) is 6.23. The third-order valence-corrected chi connectivity index (χ3v) is 3.14. The predicted molar refractivity (Wildman–Crippen MR) is 71.1 cm³/mol. The van der Waals surface area contributed by atoms with Crippen molar-refractivity contribution in [2.45, 2.75) is 27.2 Å². The van der Waals surface area contributed by atoms with E-state index in [2.05, 4.69) is 49.6 Å². The van der Waals surface area contributed by atoms with Gasteiger partial charge in [0.15, 0.2) is 0 Å². The summed E-state index contributed by atoms with van der Waals surface area (Å²) in [4.78, 5) is 0. The number of aryl methyl sites for hydroxylation is 1. The van der Waals surface area contributed by atoms with Crippen LogP contribution in [0.3, 0.4) is 0 Å². The SMILES string of the molecule is Cc1ccc2c(c1)NCC(CC(C)C)CN2. The Labute approximate surface area is 98.4 Å². The third kappa shape index (κ3) is 2.69. The lowest BCUT2D eigenvalue weighted by Crippen LogP contribution is -2.20. The minimum atomic E-state index is 0.729. The van der Waals surface area contributed by atoms with Crippen LogP contribution in [0.25, 0.3) is 0 Å². The Hall–Kier alpha value is -1.18. The molecule has 0 saturated carbocycles. The van der Waals surface area contributed by atoms with Crippen LogP contribution in [-0.2, 0) is 0 Å². The average Bonchev–Trinajstić information content (AvgIpc) is 2.40. The van der Waals surface area contributed by atoms with Gasteiger partial charge in [0.25, 0.3) is 0 Å². The Morgan fingerprint density at radius 1 is 1.19 bits per heavy atom. The molecule has 0 spiro atoms. The van der Waals surface area contributed by atoms with E-state index in [0.717, 1.165) is 24.9 Å². The largest absolute Gasteiger partial charge is 0.383 e. The predicted octanol–water partition coefficient (Wildman–Crippen LogP) is 3.49. The van der Waals surface area contributed by atoms with Gasteiger partial charge in [-0.05, 0) is 42.9 Å². The maximum absolute atomic E-state index is 3.56. The lowest BCUT2D eigenvalue weighted by atomic mass is 9.97. The van der Waals surface area contributed by atoms with Crippen molar-refractivity contribution in [2.75, 3.05) is 23.7 Å². The zero-order valence-electron chi connectivity index (χ0n) is 10.5. The molecule has 1 aromatic carbocycles. The highest BCUT2D eigenvalue weighted by Gasteiger charge is 2.15. The molecule has 0 aromatic heterocycles. The number of hydrogen-bond acceptors (Lipinski definition) is 2. The summed E-state index contributed by atoms with van der Waals surface area (Å²) in [5.74, 6) is 1.50. The second-order valence-corrected chi connectivity index (χ2v) is 5.31. The van der Waals surface area contributed by atoms with Crippen molar-refractivity contribution in [2.24, 2.45) is 11.8 Å². The first-order valence-electron chi connectivity index (χ1n) is 6.23. The summed E-state index contributed by atoms with van der Waals surface area (Å²) in [5, 5.41) is 7.10. The Morgan fingerprint density at radius 3 is 2.56 bits per heavy atom. The van der Waals surface area contributed by atoms with Crippen LogP contribution in [0.4, 0.5) is 11.4 Å². The van der Waals surface area contributed by atoms with Crippen LogP contribution in [0.2, 0.25) is 0 Å². The fraction of sp³-hybridized carbons (Fsp3) is 0.571. The monoisotopic (exact) mass is 218 g/mol. The normalized spacial score (nSPS) is 19.6. The van der Waals surface area contributed by atoms with E-state index in [1.54, 1.807) is 0 Å². The number of fused-ring (bicyclic) bond motifs is 1. The van der Waals surface area contributed by atoms with Crippen molar-refractivity contribution in [3.8, 4) is 0 Å². The maximum Gasteiger partial charge on any atom is 0.0578 e. The van der Waals surface area contributed by atoms with Crippen LogP contribution < -0.4 is 10.6 Å². The summed E-state index contributed by atoms with van der Waals surface area (Å²) in [6, 6.07) is 6.56. The molecule has 1 unspecified atom stereocenters. The molecule has 1 aliphatic heterocycles. The summed E-state index contributed by atoms with van der Waals surface area (Å²) < 4.78 is 0. The smallest absolute Gasteiger partial charge is 0.0578 e. The van der Waals surface area contributed by atoms with Gasteiger partial charge in [-0.2, -0.15) is 0 Å². The van der Waals surface area contributed by atoms with Gasteiger partial charge >= 0.3 is 0 Å². The lowest BCUT2D eigenvalue weighted by molar-refractivity contribution is 0.444. The van der Waals surface area contributed by atoms with Crippen molar-refractivity contribution in [1.82, 2.24) is 0 Å². The molecule has 16 heavy (non-hydrogen) atoms. The van der Waals surface area contributed by atoms with Crippen molar-refractivity contribution in [3.63, 3.8) is 0 Å². The number of anilines is 2. The van der Waals surface area contributed by atoms with Gasteiger partial charge in [-0.3, -0.25) is 0 Å². The summed E-state index contributed by atoms with van der Waals surface area (Å²) in [6.45, 7) is 8.89. The fourth-order valence-electron chi connectivity index (χ4n) is 2.37. The molecular formula is C14H22N2. The molecule has 1 aliphatic rings. The van der Waals surface area contributed by atoms with Crippen LogP contribution in [0, 0.1) is 18.8 Å². The van der Waals surface area contributed by atoms with Crippen LogP contribution in [-0.4, -0.2) is 13.1 Å². The van der Waals surface area contributed by atoms with Crippen LogP contribution >= 0.6 is 0 Å². The molecule has 2 rings (SSSR count). The van der Waals surface area contributed by atoms with Crippen LogP contribution in [0.15, 0.2) is 18.2 Å². The number of rotatable bonds is 2.